The molecular weight excluding hydrogens is 398 g/mol. The van der Waals surface area contributed by atoms with Crippen molar-refractivity contribution in [3.05, 3.63) is 23.8 Å². The summed E-state index contributed by atoms with van der Waals surface area (Å²) >= 11 is 0. The number of ether oxygens (including phenoxy) is 3. The Hall–Kier alpha value is -1.36. The molecule has 5 heteroatoms. The third-order valence-electron chi connectivity index (χ3n) is 7.03. The van der Waals surface area contributed by atoms with Crippen molar-refractivity contribution in [2.24, 2.45) is 17.8 Å². The molecule has 1 saturated carbocycles. The molecule has 3 rings (SSSR count). The zero-order chi connectivity index (χ0) is 22.1. The van der Waals surface area contributed by atoms with Gasteiger partial charge in [0, 0.05) is 5.92 Å². The molecule has 0 spiro atoms. The van der Waals surface area contributed by atoms with Crippen LogP contribution in [0.1, 0.15) is 84.5 Å². The van der Waals surface area contributed by atoms with Gasteiger partial charge in [-0.25, -0.2) is 0 Å². The summed E-state index contributed by atoms with van der Waals surface area (Å²) in [5.74, 6) is -0.211. The summed E-state index contributed by atoms with van der Waals surface area (Å²) in [4.78, 5) is 0. The van der Waals surface area contributed by atoms with Gasteiger partial charge >= 0.3 is 0 Å². The largest absolute Gasteiger partial charge is 0.490 e. The zero-order valence-electron chi connectivity index (χ0n) is 19.3. The van der Waals surface area contributed by atoms with Crippen LogP contribution in [0.25, 0.3) is 0 Å². The first kappa shape index (κ1) is 24.3. The van der Waals surface area contributed by atoms with Crippen LogP contribution < -0.4 is 9.47 Å². The fraction of sp³-hybridized carbons (Fsp3) is 0.769. The molecular formula is C26H40F2O3. The minimum absolute atomic E-state index is 0.0483. The number of hydrogen-bond donors (Lipinski definition) is 0. The highest BCUT2D eigenvalue weighted by Gasteiger charge is 2.32. The second kappa shape index (κ2) is 12.6. The van der Waals surface area contributed by atoms with Gasteiger partial charge in [0.25, 0.3) is 0 Å². The van der Waals surface area contributed by atoms with Crippen LogP contribution >= 0.6 is 0 Å². The van der Waals surface area contributed by atoms with E-state index in [2.05, 4.69) is 6.92 Å². The Morgan fingerprint density at radius 3 is 2.10 bits per heavy atom. The lowest BCUT2D eigenvalue weighted by Crippen LogP contribution is -2.35. The first-order valence-corrected chi connectivity index (χ1v) is 12.5. The van der Waals surface area contributed by atoms with Gasteiger partial charge in [-0.1, -0.05) is 52.4 Å². The van der Waals surface area contributed by atoms with E-state index in [0.29, 0.717) is 31.8 Å². The lowest BCUT2D eigenvalue weighted by atomic mass is 9.76. The minimum Gasteiger partial charge on any atom is -0.490 e. The van der Waals surface area contributed by atoms with E-state index in [1.807, 2.05) is 6.92 Å². The van der Waals surface area contributed by atoms with Gasteiger partial charge in [-0.05, 0) is 56.1 Å². The third-order valence-corrected chi connectivity index (χ3v) is 7.03. The zero-order valence-corrected chi connectivity index (χ0v) is 19.3. The van der Waals surface area contributed by atoms with Crippen LogP contribution in [0.15, 0.2) is 12.1 Å². The van der Waals surface area contributed by atoms with Crippen molar-refractivity contribution in [1.29, 1.82) is 0 Å². The maximum atomic E-state index is 14.3. The van der Waals surface area contributed by atoms with Crippen molar-refractivity contribution in [2.45, 2.75) is 90.6 Å². The van der Waals surface area contributed by atoms with Crippen LogP contribution in [0.5, 0.6) is 11.5 Å². The molecule has 31 heavy (non-hydrogen) atoms. The normalized spacial score (nSPS) is 26.6. The molecule has 0 bridgehead atoms. The molecule has 1 aliphatic heterocycles. The van der Waals surface area contributed by atoms with E-state index in [1.54, 1.807) is 0 Å². The summed E-state index contributed by atoms with van der Waals surface area (Å²) in [6.45, 7) is 5.66. The molecule has 2 aliphatic rings. The Morgan fingerprint density at radius 2 is 1.48 bits per heavy atom. The van der Waals surface area contributed by atoms with Crippen molar-refractivity contribution >= 4 is 0 Å². The van der Waals surface area contributed by atoms with E-state index < -0.39 is 11.6 Å². The summed E-state index contributed by atoms with van der Waals surface area (Å²) in [6, 6.07) is 2.91. The molecule has 1 aliphatic carbocycles. The number of unbranched alkanes of at least 4 members (excludes halogenated alkanes) is 2. The van der Waals surface area contributed by atoms with Crippen LogP contribution in [0.4, 0.5) is 8.78 Å². The van der Waals surface area contributed by atoms with Crippen LogP contribution in [0.3, 0.4) is 0 Å². The highest BCUT2D eigenvalue weighted by atomic mass is 19.2. The van der Waals surface area contributed by atoms with Crippen molar-refractivity contribution in [1.82, 2.24) is 0 Å². The Bertz CT molecular complexity index is 650. The molecule has 1 saturated heterocycles. The van der Waals surface area contributed by atoms with Crippen LogP contribution in [0.2, 0.25) is 0 Å². The first-order chi connectivity index (χ1) is 15.1. The standard InChI is InChI=1S/C26H40F2O3/c1-3-5-7-19-8-11-21(12-9-19)22-13-10-20(17-30-22)18-31-24-15-14-23(25(27)26(24)28)29-16-6-4-2/h14-15,19-22H,3-13,16-18H2,1-2H3. The molecule has 2 unspecified atom stereocenters. The molecule has 3 nitrogen and oxygen atoms in total. The van der Waals surface area contributed by atoms with Gasteiger partial charge in [0.05, 0.1) is 25.9 Å². The van der Waals surface area contributed by atoms with E-state index in [1.165, 1.54) is 57.1 Å². The smallest absolute Gasteiger partial charge is 0.204 e. The average molecular weight is 439 g/mol. The molecule has 1 aromatic rings. The van der Waals surface area contributed by atoms with Gasteiger partial charge < -0.3 is 14.2 Å². The maximum absolute atomic E-state index is 14.3. The summed E-state index contributed by atoms with van der Waals surface area (Å²) in [5.41, 5.74) is 0. The molecule has 1 aromatic carbocycles. The maximum Gasteiger partial charge on any atom is 0.204 e. The van der Waals surface area contributed by atoms with E-state index in [9.17, 15) is 8.78 Å². The molecule has 2 fully saturated rings. The van der Waals surface area contributed by atoms with Gasteiger partial charge in [-0.3, -0.25) is 0 Å². The Kier molecular flexibility index (Phi) is 9.89. The summed E-state index contributed by atoms with van der Waals surface area (Å²) in [6.07, 6.45) is 13.5. The third kappa shape index (κ3) is 7.06. The minimum atomic E-state index is -0.969. The number of benzene rings is 1. The average Bonchev–Trinajstić information content (AvgIpc) is 2.81. The first-order valence-electron chi connectivity index (χ1n) is 12.5. The molecule has 0 aromatic heterocycles. The molecule has 176 valence electrons. The van der Waals surface area contributed by atoms with Gasteiger partial charge in [-0.15, -0.1) is 0 Å². The van der Waals surface area contributed by atoms with Crippen LogP contribution in [-0.2, 0) is 4.74 Å². The van der Waals surface area contributed by atoms with E-state index in [-0.39, 0.29) is 17.4 Å². The monoisotopic (exact) mass is 438 g/mol. The SMILES string of the molecule is CCCCOc1ccc(OCC2CCC(C3CCC(CCCC)CC3)OC2)c(F)c1F. The van der Waals surface area contributed by atoms with Gasteiger partial charge in [0.2, 0.25) is 11.6 Å². The topological polar surface area (TPSA) is 27.7 Å². The van der Waals surface area contributed by atoms with Gasteiger partial charge in [-0.2, -0.15) is 8.78 Å². The fourth-order valence-corrected chi connectivity index (χ4v) is 4.94. The second-order valence-electron chi connectivity index (χ2n) is 9.44. The predicted octanol–water partition coefficient (Wildman–Crippen LogP) is 7.31. The van der Waals surface area contributed by atoms with Crippen LogP contribution in [0, 0.1) is 29.4 Å². The fourth-order valence-electron chi connectivity index (χ4n) is 4.94. The Labute approximate surface area is 186 Å². The molecule has 1 heterocycles. The van der Waals surface area contributed by atoms with Gasteiger partial charge in [0.15, 0.2) is 11.5 Å². The van der Waals surface area contributed by atoms with Crippen molar-refractivity contribution in [3.8, 4) is 11.5 Å². The number of hydrogen-bond acceptors (Lipinski definition) is 3. The van der Waals surface area contributed by atoms with E-state index in [4.69, 9.17) is 14.2 Å². The van der Waals surface area contributed by atoms with Crippen molar-refractivity contribution in [2.75, 3.05) is 19.8 Å². The quantitative estimate of drug-likeness (QED) is 0.339. The molecule has 0 amide bonds. The van der Waals surface area contributed by atoms with Crippen molar-refractivity contribution < 1.29 is 23.0 Å². The number of rotatable bonds is 11. The summed E-state index contributed by atoms with van der Waals surface area (Å²) in [5, 5.41) is 0. The summed E-state index contributed by atoms with van der Waals surface area (Å²) in [7, 11) is 0. The lowest BCUT2D eigenvalue weighted by Gasteiger charge is -2.37. The molecule has 2 atom stereocenters. The summed E-state index contributed by atoms with van der Waals surface area (Å²) < 4.78 is 45.7. The van der Waals surface area contributed by atoms with E-state index >= 15 is 0 Å². The molecule has 0 radical (unpaired) electrons. The van der Waals surface area contributed by atoms with Gasteiger partial charge in [0.1, 0.15) is 0 Å². The number of halogens is 2. The Morgan fingerprint density at radius 1 is 0.839 bits per heavy atom. The Balaban J connectivity index is 1.39. The molecule has 0 N–H and O–H groups in total. The van der Waals surface area contributed by atoms with Crippen LogP contribution in [-0.4, -0.2) is 25.9 Å². The second-order valence-corrected chi connectivity index (χ2v) is 9.44. The predicted molar refractivity (Wildman–Crippen MR) is 120 cm³/mol. The van der Waals surface area contributed by atoms with Crippen molar-refractivity contribution in [3.63, 3.8) is 0 Å². The lowest BCUT2D eigenvalue weighted by molar-refractivity contribution is -0.0656. The highest BCUT2D eigenvalue weighted by molar-refractivity contribution is 5.35. The van der Waals surface area contributed by atoms with E-state index in [0.717, 1.165) is 31.6 Å². The highest BCUT2D eigenvalue weighted by Crippen LogP contribution is 2.37.